The van der Waals surface area contributed by atoms with E-state index in [0.717, 1.165) is 31.0 Å². The van der Waals surface area contributed by atoms with Crippen LogP contribution >= 0.6 is 0 Å². The molecule has 0 unspecified atom stereocenters. The van der Waals surface area contributed by atoms with Crippen molar-refractivity contribution in [3.8, 4) is 0 Å². The van der Waals surface area contributed by atoms with E-state index in [1.54, 1.807) is 6.08 Å². The maximum absolute atomic E-state index is 12.5. The molecule has 1 aliphatic carbocycles. The average Bonchev–Trinajstić information content (AvgIpc) is 2.50. The van der Waals surface area contributed by atoms with E-state index in [-0.39, 0.29) is 11.9 Å². The van der Waals surface area contributed by atoms with Gasteiger partial charge in [-0.25, -0.2) is 0 Å². The molecule has 1 aliphatic rings. The Morgan fingerprint density at radius 1 is 1.15 bits per heavy atom. The molecule has 0 heterocycles. The second-order valence-electron chi connectivity index (χ2n) is 6.08. The van der Waals surface area contributed by atoms with Crippen molar-refractivity contribution < 1.29 is 9.22 Å². The van der Waals surface area contributed by atoms with Crippen molar-refractivity contribution in [2.45, 2.75) is 84.0 Å². The summed E-state index contributed by atoms with van der Waals surface area (Å²) >= 11 is 0. The molecule has 2 nitrogen and oxygen atoms in total. The Labute approximate surface area is 126 Å². The quantitative estimate of drug-likeness (QED) is 0.460. The van der Waals surface area contributed by atoms with Gasteiger partial charge >= 0.3 is 0 Å². The van der Waals surface area contributed by atoms with Gasteiger partial charge < -0.3 is 4.43 Å². The summed E-state index contributed by atoms with van der Waals surface area (Å²) in [5.74, 6) is 0.649. The minimum absolute atomic E-state index is 0.169. The molecule has 0 aromatic rings. The molecule has 1 fully saturated rings. The predicted octanol–water partition coefficient (Wildman–Crippen LogP) is 5.10. The van der Waals surface area contributed by atoms with Crippen LogP contribution in [-0.4, -0.2) is 20.2 Å². The van der Waals surface area contributed by atoms with Crippen molar-refractivity contribution in [1.82, 2.24) is 0 Å². The Hall–Kier alpha value is -0.413. The highest BCUT2D eigenvalue weighted by Gasteiger charge is 2.37. The van der Waals surface area contributed by atoms with Crippen molar-refractivity contribution in [3.63, 3.8) is 0 Å². The van der Waals surface area contributed by atoms with Gasteiger partial charge in [0.2, 0.25) is 0 Å². The summed E-state index contributed by atoms with van der Waals surface area (Å²) in [6.45, 7) is 8.62. The molecule has 0 aliphatic heterocycles. The van der Waals surface area contributed by atoms with E-state index >= 15 is 0 Å². The smallest absolute Gasteiger partial charge is 0.193 e. The maximum atomic E-state index is 12.5. The van der Waals surface area contributed by atoms with Crippen LogP contribution in [0.1, 0.15) is 59.8 Å². The molecule has 0 aromatic heterocycles. The van der Waals surface area contributed by atoms with E-state index < -0.39 is 8.32 Å². The number of ketones is 1. The third kappa shape index (κ3) is 4.56. The molecule has 0 radical (unpaired) electrons. The normalized spacial score (nSPS) is 19.4. The zero-order valence-electron chi connectivity index (χ0n) is 13.8. The highest BCUT2D eigenvalue weighted by atomic mass is 28.4. The van der Waals surface area contributed by atoms with E-state index in [1.807, 2.05) is 13.0 Å². The lowest BCUT2D eigenvalue weighted by atomic mass is 9.84. The van der Waals surface area contributed by atoms with Crippen molar-refractivity contribution in [1.29, 1.82) is 0 Å². The molecule has 1 atom stereocenters. The lowest BCUT2D eigenvalue weighted by Gasteiger charge is -2.37. The second kappa shape index (κ2) is 8.78. The van der Waals surface area contributed by atoms with Gasteiger partial charge in [0.25, 0.3) is 0 Å². The fourth-order valence-electron chi connectivity index (χ4n) is 3.35. The van der Waals surface area contributed by atoms with Crippen LogP contribution < -0.4 is 0 Å². The van der Waals surface area contributed by atoms with Gasteiger partial charge in [0.05, 0.1) is 0 Å². The Bertz CT molecular complexity index is 307. The summed E-state index contributed by atoms with van der Waals surface area (Å²) in [5, 5.41) is 0. The molecular weight excluding hydrogens is 264 g/mol. The lowest BCUT2D eigenvalue weighted by molar-refractivity contribution is -0.124. The molecule has 0 saturated heterocycles. The predicted molar refractivity (Wildman–Crippen MR) is 88.5 cm³/mol. The molecule has 0 amide bonds. The summed E-state index contributed by atoms with van der Waals surface area (Å²) in [6, 6.07) is 3.35. The molecular formula is C17H32O2Si. The number of carbonyl (C=O) groups is 1. The van der Waals surface area contributed by atoms with Crippen molar-refractivity contribution in [2.75, 3.05) is 0 Å². The van der Waals surface area contributed by atoms with Gasteiger partial charge in [-0.3, -0.25) is 4.79 Å². The summed E-state index contributed by atoms with van der Waals surface area (Å²) < 4.78 is 6.58. The van der Waals surface area contributed by atoms with Crippen LogP contribution in [0.25, 0.3) is 0 Å². The second-order valence-corrected chi connectivity index (χ2v) is 10.8. The molecule has 0 N–H and O–H groups in total. The number of hydrogen-bond donors (Lipinski definition) is 0. The monoisotopic (exact) mass is 296 g/mol. The van der Waals surface area contributed by atoms with E-state index in [2.05, 4.69) is 20.8 Å². The Kier molecular flexibility index (Phi) is 7.74. The first-order valence-electron chi connectivity index (χ1n) is 8.46. The van der Waals surface area contributed by atoms with Gasteiger partial charge in [0.15, 0.2) is 14.1 Å². The molecule has 0 spiro atoms. The first kappa shape index (κ1) is 17.6. The van der Waals surface area contributed by atoms with Crippen LogP contribution in [0.4, 0.5) is 0 Å². The standard InChI is InChI=1S/C17H32O2Si/c1-5-12-16(18)17(15-13-10-9-11-14-15)19-20(6-2,7-3)8-4/h5,12,15,17H,6-11,13-14H2,1-4H3/b12-5-/t17-/m0/s1. The number of rotatable bonds is 8. The summed E-state index contributed by atoms with van der Waals surface area (Å²) in [5.41, 5.74) is 0. The molecule has 116 valence electrons. The van der Waals surface area contributed by atoms with Gasteiger partial charge in [-0.2, -0.15) is 0 Å². The highest BCUT2D eigenvalue weighted by molar-refractivity contribution is 6.73. The summed E-state index contributed by atoms with van der Waals surface area (Å²) in [7, 11) is -1.71. The van der Waals surface area contributed by atoms with Crippen LogP contribution in [0.3, 0.4) is 0 Å². The topological polar surface area (TPSA) is 26.3 Å². The zero-order chi connectivity index (χ0) is 15.0. The van der Waals surface area contributed by atoms with Gasteiger partial charge in [-0.1, -0.05) is 46.1 Å². The molecule has 1 saturated carbocycles. The highest BCUT2D eigenvalue weighted by Crippen LogP contribution is 2.33. The first-order chi connectivity index (χ1) is 9.62. The van der Waals surface area contributed by atoms with E-state index in [9.17, 15) is 4.79 Å². The fourth-order valence-corrected chi connectivity index (χ4v) is 6.20. The molecule has 3 heteroatoms. The number of allylic oxidation sites excluding steroid dienone is 1. The third-order valence-corrected chi connectivity index (χ3v) is 9.62. The van der Waals surface area contributed by atoms with Gasteiger partial charge in [-0.15, -0.1) is 0 Å². The minimum atomic E-state index is -1.71. The third-order valence-electron chi connectivity index (χ3n) is 5.00. The van der Waals surface area contributed by atoms with Crippen LogP contribution in [0, 0.1) is 5.92 Å². The summed E-state index contributed by atoms with van der Waals surface area (Å²) in [6.07, 6.45) is 9.56. The average molecular weight is 297 g/mol. The van der Waals surface area contributed by atoms with Crippen LogP contribution in [-0.2, 0) is 9.22 Å². The number of carbonyl (C=O) groups excluding carboxylic acids is 1. The SMILES string of the molecule is C/C=C\C(=O)[C@@H](O[Si](CC)(CC)CC)C1CCCCC1. The number of hydrogen-bond acceptors (Lipinski definition) is 2. The largest absolute Gasteiger partial charge is 0.406 e. The van der Waals surface area contributed by atoms with E-state index in [1.165, 1.54) is 19.3 Å². The maximum Gasteiger partial charge on any atom is 0.193 e. The van der Waals surface area contributed by atoms with E-state index in [0.29, 0.717) is 5.92 Å². The van der Waals surface area contributed by atoms with Gasteiger partial charge in [0.1, 0.15) is 6.10 Å². The van der Waals surface area contributed by atoms with Crippen molar-refractivity contribution >= 4 is 14.1 Å². The van der Waals surface area contributed by atoms with Gasteiger partial charge in [0, 0.05) is 0 Å². The zero-order valence-corrected chi connectivity index (χ0v) is 14.8. The first-order valence-corrected chi connectivity index (χ1v) is 11.0. The van der Waals surface area contributed by atoms with Gasteiger partial charge in [-0.05, 0) is 49.9 Å². The Balaban J connectivity index is 2.88. The van der Waals surface area contributed by atoms with Crippen LogP contribution in [0.5, 0.6) is 0 Å². The van der Waals surface area contributed by atoms with Crippen LogP contribution in [0.15, 0.2) is 12.2 Å². The Morgan fingerprint density at radius 3 is 2.15 bits per heavy atom. The summed E-state index contributed by atoms with van der Waals surface area (Å²) in [4.78, 5) is 12.5. The molecule has 0 bridgehead atoms. The van der Waals surface area contributed by atoms with Crippen LogP contribution in [0.2, 0.25) is 18.1 Å². The molecule has 20 heavy (non-hydrogen) atoms. The van der Waals surface area contributed by atoms with Crippen molar-refractivity contribution in [2.24, 2.45) is 5.92 Å². The molecule has 1 rings (SSSR count). The molecule has 0 aromatic carbocycles. The van der Waals surface area contributed by atoms with E-state index in [4.69, 9.17) is 4.43 Å². The fraction of sp³-hybridized carbons (Fsp3) is 0.824. The Morgan fingerprint density at radius 2 is 1.70 bits per heavy atom. The van der Waals surface area contributed by atoms with Crippen molar-refractivity contribution in [3.05, 3.63) is 12.2 Å². The lowest BCUT2D eigenvalue weighted by Crippen LogP contribution is -2.45. The minimum Gasteiger partial charge on any atom is -0.406 e.